The maximum atomic E-state index is 3.55. The second kappa shape index (κ2) is 6.17. The Balaban J connectivity index is 1.74. The van der Waals surface area contributed by atoms with Gasteiger partial charge in [-0.2, -0.15) is 0 Å². The molecule has 0 spiro atoms. The molecule has 0 aromatic heterocycles. The molecule has 1 N–H and O–H groups in total. The lowest BCUT2D eigenvalue weighted by Crippen LogP contribution is -2.41. The van der Waals surface area contributed by atoms with E-state index in [9.17, 15) is 0 Å². The summed E-state index contributed by atoms with van der Waals surface area (Å²) in [5.74, 6) is 0.858. The van der Waals surface area contributed by atoms with E-state index in [0.29, 0.717) is 6.04 Å². The molecule has 0 bridgehead atoms. The number of nitrogens with zero attached hydrogens (tertiary/aromatic N) is 2. The van der Waals surface area contributed by atoms with E-state index in [0.717, 1.165) is 12.0 Å². The van der Waals surface area contributed by atoms with E-state index in [1.165, 1.54) is 52.0 Å². The molecule has 3 unspecified atom stereocenters. The quantitative estimate of drug-likeness (QED) is 0.782. The van der Waals surface area contributed by atoms with E-state index < -0.39 is 0 Å². The third kappa shape index (κ3) is 3.43. The zero-order valence-corrected chi connectivity index (χ0v) is 11.8. The van der Waals surface area contributed by atoms with E-state index in [1.54, 1.807) is 0 Å². The molecule has 0 aliphatic carbocycles. The molecule has 3 heteroatoms. The summed E-state index contributed by atoms with van der Waals surface area (Å²) in [7, 11) is 2.30. The highest BCUT2D eigenvalue weighted by atomic mass is 15.2. The van der Waals surface area contributed by atoms with Crippen molar-refractivity contribution in [3.8, 4) is 0 Å². The predicted octanol–water partition coefficient (Wildman–Crippen LogP) is 1.40. The molecule has 0 aromatic carbocycles. The fourth-order valence-electron chi connectivity index (χ4n) is 3.52. The molecule has 0 amide bonds. The first-order valence-electron chi connectivity index (χ1n) is 7.36. The Hall–Kier alpha value is -0.120. The summed E-state index contributed by atoms with van der Waals surface area (Å²) >= 11 is 0. The van der Waals surface area contributed by atoms with Gasteiger partial charge in [0.05, 0.1) is 0 Å². The van der Waals surface area contributed by atoms with Crippen molar-refractivity contribution in [3.05, 3.63) is 0 Å². The van der Waals surface area contributed by atoms with Crippen molar-refractivity contribution in [1.29, 1.82) is 0 Å². The Kier molecular flexibility index (Phi) is 4.83. The van der Waals surface area contributed by atoms with Gasteiger partial charge in [0.2, 0.25) is 0 Å². The number of rotatable bonds is 5. The Morgan fingerprint density at radius 3 is 2.76 bits per heavy atom. The molecule has 2 fully saturated rings. The second-order valence-electron chi connectivity index (χ2n) is 5.94. The zero-order valence-electron chi connectivity index (χ0n) is 11.8. The Morgan fingerprint density at radius 1 is 1.29 bits per heavy atom. The third-order valence-electron chi connectivity index (χ3n) is 4.66. The van der Waals surface area contributed by atoms with Crippen LogP contribution < -0.4 is 5.32 Å². The molecule has 2 saturated heterocycles. The van der Waals surface area contributed by atoms with Crippen molar-refractivity contribution in [2.45, 2.75) is 45.2 Å². The number of likely N-dealkylation sites (N-methyl/N-ethyl adjacent to an activating group) is 2. The Bertz CT molecular complexity index is 232. The van der Waals surface area contributed by atoms with E-state index in [2.05, 4.69) is 36.0 Å². The third-order valence-corrected chi connectivity index (χ3v) is 4.66. The van der Waals surface area contributed by atoms with Crippen LogP contribution in [0.5, 0.6) is 0 Å². The molecule has 2 heterocycles. The SMILES string of the molecule is CCN1CCCC1CN(C)CC1CCNC1C. The van der Waals surface area contributed by atoms with E-state index in [1.807, 2.05) is 0 Å². The van der Waals surface area contributed by atoms with E-state index >= 15 is 0 Å². The molecule has 2 aliphatic heterocycles. The van der Waals surface area contributed by atoms with Gasteiger partial charge in [-0.1, -0.05) is 6.92 Å². The largest absolute Gasteiger partial charge is 0.314 e. The van der Waals surface area contributed by atoms with Crippen LogP contribution in [0.3, 0.4) is 0 Å². The monoisotopic (exact) mass is 239 g/mol. The summed E-state index contributed by atoms with van der Waals surface area (Å²) in [6.45, 7) is 10.9. The minimum atomic E-state index is 0.711. The molecule has 100 valence electrons. The van der Waals surface area contributed by atoms with Crippen LogP contribution in [0.25, 0.3) is 0 Å². The summed E-state index contributed by atoms with van der Waals surface area (Å²) in [5.41, 5.74) is 0. The van der Waals surface area contributed by atoms with Gasteiger partial charge in [-0.05, 0) is 58.8 Å². The lowest BCUT2D eigenvalue weighted by Gasteiger charge is -2.30. The first-order chi connectivity index (χ1) is 8.20. The first-order valence-corrected chi connectivity index (χ1v) is 7.36. The van der Waals surface area contributed by atoms with Crippen molar-refractivity contribution in [3.63, 3.8) is 0 Å². The van der Waals surface area contributed by atoms with Gasteiger partial charge >= 0.3 is 0 Å². The molecule has 0 aromatic rings. The van der Waals surface area contributed by atoms with Gasteiger partial charge in [0.1, 0.15) is 0 Å². The lowest BCUT2D eigenvalue weighted by atomic mass is 10.0. The average Bonchev–Trinajstić information content (AvgIpc) is 2.89. The normalized spacial score (nSPS) is 34.9. The standard InChI is InChI=1S/C14H29N3/c1-4-17-9-5-6-14(17)11-16(3)10-13-7-8-15-12(13)2/h12-15H,4-11H2,1-3H3. The predicted molar refractivity (Wildman–Crippen MR) is 73.3 cm³/mol. The molecular formula is C14H29N3. The highest BCUT2D eigenvalue weighted by molar-refractivity contribution is 4.85. The zero-order chi connectivity index (χ0) is 12.3. The fourth-order valence-corrected chi connectivity index (χ4v) is 3.52. The van der Waals surface area contributed by atoms with Gasteiger partial charge in [0, 0.05) is 25.2 Å². The molecular weight excluding hydrogens is 210 g/mol. The van der Waals surface area contributed by atoms with Crippen molar-refractivity contribution in [2.24, 2.45) is 5.92 Å². The van der Waals surface area contributed by atoms with Crippen LogP contribution in [0.15, 0.2) is 0 Å². The number of likely N-dealkylation sites (tertiary alicyclic amines) is 1. The minimum Gasteiger partial charge on any atom is -0.314 e. The minimum absolute atomic E-state index is 0.711. The van der Waals surface area contributed by atoms with Gasteiger partial charge in [-0.3, -0.25) is 4.90 Å². The number of hydrogen-bond acceptors (Lipinski definition) is 3. The second-order valence-corrected chi connectivity index (χ2v) is 5.94. The van der Waals surface area contributed by atoms with Crippen molar-refractivity contribution in [2.75, 3.05) is 39.8 Å². The topological polar surface area (TPSA) is 18.5 Å². The number of nitrogens with one attached hydrogen (secondary N) is 1. The highest BCUT2D eigenvalue weighted by Crippen LogP contribution is 2.20. The molecule has 3 atom stereocenters. The summed E-state index contributed by atoms with van der Waals surface area (Å²) in [4.78, 5) is 5.21. The smallest absolute Gasteiger partial charge is 0.0223 e. The van der Waals surface area contributed by atoms with Crippen LogP contribution in [-0.4, -0.2) is 61.7 Å². The molecule has 2 aliphatic rings. The lowest BCUT2D eigenvalue weighted by molar-refractivity contribution is 0.180. The fraction of sp³-hybridized carbons (Fsp3) is 1.00. The maximum absolute atomic E-state index is 3.55. The molecule has 0 saturated carbocycles. The maximum Gasteiger partial charge on any atom is 0.0223 e. The summed E-state index contributed by atoms with van der Waals surface area (Å²) < 4.78 is 0. The summed E-state index contributed by atoms with van der Waals surface area (Å²) in [6.07, 6.45) is 4.15. The molecule has 0 radical (unpaired) electrons. The van der Waals surface area contributed by atoms with Gasteiger partial charge in [-0.25, -0.2) is 0 Å². The first kappa shape index (κ1) is 13.3. The van der Waals surface area contributed by atoms with Gasteiger partial charge in [-0.15, -0.1) is 0 Å². The highest BCUT2D eigenvalue weighted by Gasteiger charge is 2.27. The van der Waals surface area contributed by atoms with Crippen molar-refractivity contribution in [1.82, 2.24) is 15.1 Å². The van der Waals surface area contributed by atoms with Crippen LogP contribution in [0.4, 0.5) is 0 Å². The van der Waals surface area contributed by atoms with Crippen LogP contribution in [0.2, 0.25) is 0 Å². The average molecular weight is 239 g/mol. The van der Waals surface area contributed by atoms with E-state index in [-0.39, 0.29) is 0 Å². The van der Waals surface area contributed by atoms with Gasteiger partial charge in [0.15, 0.2) is 0 Å². The summed E-state index contributed by atoms with van der Waals surface area (Å²) in [5, 5.41) is 3.55. The van der Waals surface area contributed by atoms with Crippen LogP contribution in [-0.2, 0) is 0 Å². The van der Waals surface area contributed by atoms with Crippen LogP contribution in [0.1, 0.15) is 33.1 Å². The Labute approximate surface area is 107 Å². The molecule has 17 heavy (non-hydrogen) atoms. The molecule has 3 nitrogen and oxygen atoms in total. The Morgan fingerprint density at radius 2 is 2.12 bits per heavy atom. The van der Waals surface area contributed by atoms with Gasteiger partial charge < -0.3 is 10.2 Å². The van der Waals surface area contributed by atoms with Crippen molar-refractivity contribution < 1.29 is 0 Å². The van der Waals surface area contributed by atoms with Crippen LogP contribution in [0, 0.1) is 5.92 Å². The number of hydrogen-bond donors (Lipinski definition) is 1. The summed E-state index contributed by atoms with van der Waals surface area (Å²) in [6, 6.07) is 1.53. The molecule has 2 rings (SSSR count). The van der Waals surface area contributed by atoms with Crippen LogP contribution >= 0.6 is 0 Å². The van der Waals surface area contributed by atoms with Gasteiger partial charge in [0.25, 0.3) is 0 Å². The van der Waals surface area contributed by atoms with E-state index in [4.69, 9.17) is 0 Å². The van der Waals surface area contributed by atoms with Crippen molar-refractivity contribution >= 4 is 0 Å².